The average molecular weight is 385 g/mol. The van der Waals surface area contributed by atoms with Gasteiger partial charge >= 0.3 is 0 Å². The second kappa shape index (κ2) is 7.30. The molecule has 136 valence electrons. The summed E-state index contributed by atoms with van der Waals surface area (Å²) in [6.07, 6.45) is -0.225. The van der Waals surface area contributed by atoms with Crippen molar-refractivity contribution in [3.05, 3.63) is 42.5 Å². The first-order valence-electron chi connectivity index (χ1n) is 7.27. The third-order valence-electron chi connectivity index (χ3n) is 3.35. The first-order valence-corrected chi connectivity index (χ1v) is 10.5. The van der Waals surface area contributed by atoms with E-state index in [1.807, 2.05) is 0 Å². The molecule has 0 bridgehead atoms. The van der Waals surface area contributed by atoms with Crippen molar-refractivity contribution in [2.75, 3.05) is 28.3 Å². The van der Waals surface area contributed by atoms with Gasteiger partial charge in [-0.05, 0) is 48.9 Å². The van der Waals surface area contributed by atoms with E-state index in [2.05, 4.69) is 5.32 Å². The summed E-state index contributed by atoms with van der Waals surface area (Å²) in [6, 6.07) is 11.1. The minimum Gasteiger partial charge on any atom is -0.399 e. The Balaban J connectivity index is 2.29. The largest absolute Gasteiger partial charge is 0.399 e. The number of hydrogen-bond donors (Lipinski definition) is 4. The maximum atomic E-state index is 12.5. The highest BCUT2D eigenvalue weighted by Crippen LogP contribution is 2.28. The Hall–Kier alpha value is -2.30. The zero-order valence-electron chi connectivity index (χ0n) is 13.2. The molecular formula is C15H19N3O5S2. The average Bonchev–Trinajstić information content (AvgIpc) is 2.49. The number of benzene rings is 2. The Kier molecular flexibility index (Phi) is 5.55. The van der Waals surface area contributed by atoms with E-state index in [1.54, 1.807) is 30.3 Å². The molecule has 0 aliphatic rings. The van der Waals surface area contributed by atoms with Gasteiger partial charge in [0.2, 0.25) is 0 Å². The van der Waals surface area contributed by atoms with Crippen LogP contribution in [0.25, 0.3) is 0 Å². The van der Waals surface area contributed by atoms with Crippen molar-refractivity contribution in [1.29, 1.82) is 0 Å². The van der Waals surface area contributed by atoms with Gasteiger partial charge in [0.25, 0.3) is 10.1 Å². The van der Waals surface area contributed by atoms with Crippen molar-refractivity contribution < 1.29 is 21.4 Å². The molecule has 0 heterocycles. The zero-order valence-corrected chi connectivity index (χ0v) is 14.8. The number of anilines is 4. The molecule has 0 atom stereocenters. The van der Waals surface area contributed by atoms with E-state index in [1.165, 1.54) is 12.1 Å². The highest BCUT2D eigenvalue weighted by atomic mass is 32.2. The number of nitrogens with one attached hydrogen (secondary N) is 1. The van der Waals surface area contributed by atoms with Crippen LogP contribution >= 0.6 is 0 Å². The number of nitrogens with two attached hydrogens (primary N) is 2. The molecule has 2 aromatic carbocycles. The van der Waals surface area contributed by atoms with Crippen LogP contribution in [0.3, 0.4) is 0 Å². The summed E-state index contributed by atoms with van der Waals surface area (Å²) in [5, 5.41) is 2.98. The molecule has 0 saturated heterocycles. The van der Waals surface area contributed by atoms with E-state index in [0.717, 1.165) is 0 Å². The molecule has 0 fully saturated rings. The number of nitrogen functional groups attached to an aromatic ring is 2. The molecule has 0 amide bonds. The third-order valence-corrected chi connectivity index (χ3v) is 5.98. The molecule has 8 nitrogen and oxygen atoms in total. The smallest absolute Gasteiger partial charge is 0.264 e. The fourth-order valence-corrected chi connectivity index (χ4v) is 4.37. The van der Waals surface area contributed by atoms with E-state index < -0.39 is 31.5 Å². The Morgan fingerprint density at radius 3 is 2.08 bits per heavy atom. The quantitative estimate of drug-likeness (QED) is 0.414. The summed E-state index contributed by atoms with van der Waals surface area (Å²) < 4.78 is 55.3. The summed E-state index contributed by atoms with van der Waals surface area (Å²) >= 11 is 0. The molecule has 0 aliphatic heterocycles. The van der Waals surface area contributed by atoms with Crippen LogP contribution in [0.5, 0.6) is 0 Å². The van der Waals surface area contributed by atoms with Gasteiger partial charge < -0.3 is 16.8 Å². The van der Waals surface area contributed by atoms with Gasteiger partial charge in [-0.1, -0.05) is 0 Å². The standard InChI is InChI=1S/C15H19N3O5S2/c16-11-2-5-13(6-3-11)18-14-7-4-12(17)10-15(14)24(19,20)8-1-9-25(21,22)23/h2-7,10,18H,1,8-9,16-17H2,(H,21,22,23). The lowest BCUT2D eigenvalue weighted by molar-refractivity contribution is 0.482. The molecule has 0 aliphatic carbocycles. The summed E-state index contributed by atoms with van der Waals surface area (Å²) in [5.41, 5.74) is 13.1. The van der Waals surface area contributed by atoms with Crippen molar-refractivity contribution in [2.45, 2.75) is 11.3 Å². The highest BCUT2D eigenvalue weighted by Gasteiger charge is 2.20. The summed E-state index contributed by atoms with van der Waals surface area (Å²) in [5.74, 6) is -1.07. The van der Waals surface area contributed by atoms with Crippen molar-refractivity contribution in [1.82, 2.24) is 0 Å². The van der Waals surface area contributed by atoms with E-state index in [-0.39, 0.29) is 17.0 Å². The van der Waals surface area contributed by atoms with Gasteiger partial charge in [-0.15, -0.1) is 0 Å². The minimum atomic E-state index is -4.22. The summed E-state index contributed by atoms with van der Waals surface area (Å²) in [6.45, 7) is 0. The maximum Gasteiger partial charge on any atom is 0.264 e. The van der Waals surface area contributed by atoms with Crippen LogP contribution in [0.15, 0.2) is 47.4 Å². The third kappa shape index (κ3) is 5.62. The van der Waals surface area contributed by atoms with Gasteiger partial charge in [-0.3, -0.25) is 4.55 Å². The van der Waals surface area contributed by atoms with Crippen LogP contribution in [0.4, 0.5) is 22.7 Å². The number of rotatable bonds is 7. The monoisotopic (exact) mass is 385 g/mol. The molecule has 0 unspecified atom stereocenters. The summed E-state index contributed by atoms with van der Waals surface area (Å²) in [4.78, 5) is -0.0420. The predicted molar refractivity (Wildman–Crippen MR) is 98.1 cm³/mol. The topological polar surface area (TPSA) is 153 Å². The first-order chi connectivity index (χ1) is 11.6. The summed E-state index contributed by atoms with van der Waals surface area (Å²) in [7, 11) is -8.02. The fraction of sp³-hybridized carbons (Fsp3) is 0.200. The molecule has 0 spiro atoms. The molecule has 10 heteroatoms. The van der Waals surface area contributed by atoms with Crippen molar-refractivity contribution in [2.24, 2.45) is 0 Å². The van der Waals surface area contributed by atoms with E-state index >= 15 is 0 Å². The maximum absolute atomic E-state index is 12.5. The van der Waals surface area contributed by atoms with Gasteiger partial charge in [-0.2, -0.15) is 8.42 Å². The van der Waals surface area contributed by atoms with Crippen molar-refractivity contribution in [3.63, 3.8) is 0 Å². The molecule has 25 heavy (non-hydrogen) atoms. The van der Waals surface area contributed by atoms with Gasteiger partial charge in [0.05, 0.1) is 22.1 Å². The molecule has 0 saturated carbocycles. The highest BCUT2D eigenvalue weighted by molar-refractivity contribution is 7.91. The molecule has 2 aromatic rings. The van der Waals surface area contributed by atoms with Gasteiger partial charge in [0.15, 0.2) is 9.84 Å². The number of hydrogen-bond acceptors (Lipinski definition) is 7. The van der Waals surface area contributed by atoms with Crippen LogP contribution in [-0.2, 0) is 20.0 Å². The fourth-order valence-electron chi connectivity index (χ4n) is 2.16. The Morgan fingerprint density at radius 1 is 0.880 bits per heavy atom. The Morgan fingerprint density at radius 2 is 1.48 bits per heavy atom. The van der Waals surface area contributed by atoms with E-state index in [9.17, 15) is 16.8 Å². The van der Waals surface area contributed by atoms with Gasteiger partial charge in [0, 0.05) is 17.1 Å². The van der Waals surface area contributed by atoms with Crippen LogP contribution < -0.4 is 16.8 Å². The molecule has 0 radical (unpaired) electrons. The second-order valence-electron chi connectivity index (χ2n) is 5.46. The number of sulfone groups is 1. The van der Waals surface area contributed by atoms with Crippen LogP contribution in [0, 0.1) is 0 Å². The lowest BCUT2D eigenvalue weighted by atomic mass is 10.2. The normalized spacial score (nSPS) is 12.0. The Labute approximate surface area is 146 Å². The van der Waals surface area contributed by atoms with Crippen LogP contribution in [-0.4, -0.2) is 32.9 Å². The van der Waals surface area contributed by atoms with Crippen LogP contribution in [0.2, 0.25) is 0 Å². The first kappa shape index (κ1) is 19.0. The van der Waals surface area contributed by atoms with E-state index in [4.69, 9.17) is 16.0 Å². The lowest BCUT2D eigenvalue weighted by Gasteiger charge is -2.13. The van der Waals surface area contributed by atoms with Crippen molar-refractivity contribution in [3.8, 4) is 0 Å². The van der Waals surface area contributed by atoms with E-state index in [0.29, 0.717) is 17.1 Å². The zero-order chi connectivity index (χ0) is 18.7. The van der Waals surface area contributed by atoms with Gasteiger partial charge in [0.1, 0.15) is 0 Å². The lowest BCUT2D eigenvalue weighted by Crippen LogP contribution is -2.14. The Bertz CT molecular complexity index is 955. The molecular weight excluding hydrogens is 366 g/mol. The SMILES string of the molecule is Nc1ccc(Nc2ccc(N)cc2S(=O)(=O)CCCS(=O)(=O)O)cc1. The molecule has 6 N–H and O–H groups in total. The minimum absolute atomic E-state index is 0.0420. The van der Waals surface area contributed by atoms with Crippen LogP contribution in [0.1, 0.15) is 6.42 Å². The predicted octanol–water partition coefficient (Wildman–Crippen LogP) is 1.65. The van der Waals surface area contributed by atoms with Crippen molar-refractivity contribution >= 4 is 42.7 Å². The second-order valence-corrected chi connectivity index (χ2v) is 9.11. The van der Waals surface area contributed by atoms with Gasteiger partial charge in [-0.25, -0.2) is 8.42 Å². The molecule has 0 aromatic heterocycles. The molecule has 2 rings (SSSR count).